The summed E-state index contributed by atoms with van der Waals surface area (Å²) in [5.41, 5.74) is 1.89. The summed E-state index contributed by atoms with van der Waals surface area (Å²) < 4.78 is 5.27. The summed E-state index contributed by atoms with van der Waals surface area (Å²) in [6.07, 6.45) is 1.84. The fourth-order valence-electron chi connectivity index (χ4n) is 3.63. The van der Waals surface area contributed by atoms with E-state index in [1.807, 2.05) is 36.4 Å². The second-order valence-corrected chi connectivity index (χ2v) is 8.25. The molecule has 1 saturated heterocycles. The number of likely N-dealkylation sites (tertiary alicyclic amines) is 1. The fourth-order valence-corrected chi connectivity index (χ4v) is 3.95. The van der Waals surface area contributed by atoms with E-state index in [1.54, 1.807) is 12.1 Å². The fraction of sp³-hybridized carbons (Fsp3) is 0.318. The Hall–Kier alpha value is -2.41. The molecule has 1 atom stereocenters. The smallest absolute Gasteiger partial charge is 0.246 e. The Morgan fingerprint density at radius 3 is 2.77 bits per heavy atom. The van der Waals surface area contributed by atoms with Gasteiger partial charge < -0.3 is 9.84 Å². The van der Waals surface area contributed by atoms with Crippen molar-refractivity contribution in [1.82, 2.24) is 20.4 Å². The Kier molecular flexibility index (Phi) is 6.67. The molecule has 6 nitrogen and oxygen atoms in total. The average Bonchev–Trinajstić information content (AvgIpc) is 3.23. The van der Waals surface area contributed by atoms with E-state index in [-0.39, 0.29) is 18.4 Å². The predicted molar refractivity (Wildman–Crippen MR) is 116 cm³/mol. The molecule has 3 aromatic rings. The molecular weight excluding hydrogens is 423 g/mol. The Morgan fingerprint density at radius 2 is 1.97 bits per heavy atom. The van der Waals surface area contributed by atoms with E-state index in [0.717, 1.165) is 42.1 Å². The van der Waals surface area contributed by atoms with Crippen molar-refractivity contribution < 1.29 is 9.32 Å². The van der Waals surface area contributed by atoms with Gasteiger partial charge in [0.1, 0.15) is 0 Å². The van der Waals surface area contributed by atoms with Crippen LogP contribution >= 0.6 is 23.2 Å². The highest BCUT2D eigenvalue weighted by Gasteiger charge is 2.26. The molecule has 1 aliphatic heterocycles. The highest BCUT2D eigenvalue weighted by Crippen LogP contribution is 2.23. The molecule has 1 fully saturated rings. The van der Waals surface area contributed by atoms with Crippen LogP contribution in [0.4, 0.5) is 0 Å². The van der Waals surface area contributed by atoms with Crippen molar-refractivity contribution in [1.29, 1.82) is 0 Å². The molecule has 8 heteroatoms. The van der Waals surface area contributed by atoms with Gasteiger partial charge in [-0.15, -0.1) is 0 Å². The van der Waals surface area contributed by atoms with Gasteiger partial charge in [-0.1, -0.05) is 46.6 Å². The van der Waals surface area contributed by atoms with E-state index in [9.17, 15) is 4.79 Å². The second kappa shape index (κ2) is 9.60. The summed E-state index contributed by atoms with van der Waals surface area (Å²) in [4.78, 5) is 19.3. The largest absolute Gasteiger partial charge is 0.347 e. The number of aromatic nitrogens is 2. The summed E-state index contributed by atoms with van der Waals surface area (Å²) in [5, 5.41) is 8.31. The number of rotatable bonds is 6. The molecular formula is C22H22Cl2N4O2. The molecule has 0 unspecified atom stereocenters. The molecule has 0 saturated carbocycles. The van der Waals surface area contributed by atoms with Gasteiger partial charge in [-0.05, 0) is 55.3 Å². The summed E-state index contributed by atoms with van der Waals surface area (Å²) >= 11 is 12.2. The predicted octanol–water partition coefficient (Wildman–Crippen LogP) is 4.57. The van der Waals surface area contributed by atoms with Crippen LogP contribution in [-0.4, -0.2) is 34.0 Å². The lowest BCUT2D eigenvalue weighted by molar-refractivity contribution is -0.127. The average molecular weight is 445 g/mol. The van der Waals surface area contributed by atoms with Crippen molar-refractivity contribution >= 4 is 29.1 Å². The third-order valence-corrected chi connectivity index (χ3v) is 5.83. The van der Waals surface area contributed by atoms with Gasteiger partial charge in [-0.2, -0.15) is 4.98 Å². The lowest BCUT2D eigenvalue weighted by Gasteiger charge is -2.32. The van der Waals surface area contributed by atoms with Gasteiger partial charge in [-0.3, -0.25) is 9.69 Å². The number of nitrogens with zero attached hydrogens (tertiary/aromatic N) is 3. The minimum atomic E-state index is -0.0695. The molecule has 156 valence electrons. The highest BCUT2D eigenvalue weighted by atomic mass is 35.5. The van der Waals surface area contributed by atoms with E-state index in [4.69, 9.17) is 27.7 Å². The summed E-state index contributed by atoms with van der Waals surface area (Å²) in [6.45, 7) is 2.62. The van der Waals surface area contributed by atoms with Gasteiger partial charge in [0.25, 0.3) is 0 Å². The topological polar surface area (TPSA) is 71.3 Å². The van der Waals surface area contributed by atoms with Gasteiger partial charge in [0, 0.05) is 28.7 Å². The normalized spacial score (nSPS) is 17.1. The molecule has 2 heterocycles. The standard InChI is InChI=1S/C22H22Cl2N4O2/c23-18-9-7-15(8-10-18)21-26-20(30-27-21)12-25-22(29)17-5-3-11-28(14-17)13-16-4-1-2-6-19(16)24/h1-2,4,6-10,17H,3,5,11-14H2,(H,25,29)/t17-/m1/s1. The van der Waals surface area contributed by atoms with Crippen LogP contribution in [0.2, 0.25) is 10.0 Å². The minimum absolute atomic E-state index is 0.00472. The van der Waals surface area contributed by atoms with Crippen molar-refractivity contribution in [2.45, 2.75) is 25.9 Å². The van der Waals surface area contributed by atoms with Crippen LogP contribution in [-0.2, 0) is 17.9 Å². The van der Waals surface area contributed by atoms with Crippen molar-refractivity contribution in [3.63, 3.8) is 0 Å². The van der Waals surface area contributed by atoms with Gasteiger partial charge in [0.2, 0.25) is 17.6 Å². The molecule has 0 aliphatic carbocycles. The molecule has 1 aliphatic rings. The Balaban J connectivity index is 1.30. The summed E-state index contributed by atoms with van der Waals surface area (Å²) in [5.74, 6) is 0.779. The number of hydrogen-bond acceptors (Lipinski definition) is 5. The second-order valence-electron chi connectivity index (χ2n) is 7.40. The first-order valence-corrected chi connectivity index (χ1v) is 10.7. The van der Waals surface area contributed by atoms with E-state index in [0.29, 0.717) is 23.3 Å². The number of carbonyl (C=O) groups is 1. The van der Waals surface area contributed by atoms with Crippen LogP contribution in [0.15, 0.2) is 53.1 Å². The molecule has 30 heavy (non-hydrogen) atoms. The van der Waals surface area contributed by atoms with Crippen LogP contribution in [0.3, 0.4) is 0 Å². The first-order chi connectivity index (χ1) is 14.6. The zero-order valence-electron chi connectivity index (χ0n) is 16.4. The number of benzene rings is 2. The number of halogens is 2. The number of nitrogens with one attached hydrogen (secondary N) is 1. The van der Waals surface area contributed by atoms with Gasteiger partial charge >= 0.3 is 0 Å². The Labute approximate surface area is 185 Å². The SMILES string of the molecule is O=C(NCc1nc(-c2ccc(Cl)cc2)no1)[C@@H]1CCCN(Cc2ccccc2Cl)C1. The number of amides is 1. The third-order valence-electron chi connectivity index (χ3n) is 5.21. The van der Waals surface area contributed by atoms with E-state index < -0.39 is 0 Å². The van der Waals surface area contributed by atoms with Gasteiger partial charge in [-0.25, -0.2) is 0 Å². The van der Waals surface area contributed by atoms with Crippen LogP contribution in [0.5, 0.6) is 0 Å². The highest BCUT2D eigenvalue weighted by molar-refractivity contribution is 6.31. The van der Waals surface area contributed by atoms with Crippen molar-refractivity contribution in [3.8, 4) is 11.4 Å². The molecule has 1 aromatic heterocycles. The quantitative estimate of drug-likeness (QED) is 0.602. The van der Waals surface area contributed by atoms with E-state index >= 15 is 0 Å². The van der Waals surface area contributed by atoms with Crippen LogP contribution in [0, 0.1) is 5.92 Å². The summed E-state index contributed by atoms with van der Waals surface area (Å²) in [7, 11) is 0. The zero-order valence-corrected chi connectivity index (χ0v) is 17.9. The molecule has 0 bridgehead atoms. The number of hydrogen-bond donors (Lipinski definition) is 1. The van der Waals surface area contributed by atoms with E-state index in [2.05, 4.69) is 20.4 Å². The third kappa shape index (κ3) is 5.19. The maximum Gasteiger partial charge on any atom is 0.246 e. The first-order valence-electron chi connectivity index (χ1n) is 9.90. The molecule has 0 spiro atoms. The molecule has 4 rings (SSSR count). The maximum atomic E-state index is 12.7. The molecule has 1 N–H and O–H groups in total. The maximum absolute atomic E-state index is 12.7. The van der Waals surface area contributed by atoms with Crippen LogP contribution < -0.4 is 5.32 Å². The van der Waals surface area contributed by atoms with Gasteiger partial charge in [0.05, 0.1) is 12.5 Å². The number of carbonyl (C=O) groups excluding carboxylic acids is 1. The van der Waals surface area contributed by atoms with Crippen molar-refractivity contribution in [3.05, 3.63) is 70.0 Å². The van der Waals surface area contributed by atoms with Crippen LogP contribution in [0.25, 0.3) is 11.4 Å². The van der Waals surface area contributed by atoms with Crippen LogP contribution in [0.1, 0.15) is 24.3 Å². The van der Waals surface area contributed by atoms with Crippen molar-refractivity contribution in [2.75, 3.05) is 13.1 Å². The lowest BCUT2D eigenvalue weighted by atomic mass is 9.96. The zero-order chi connectivity index (χ0) is 20.9. The summed E-state index contributed by atoms with van der Waals surface area (Å²) in [6, 6.07) is 15.0. The number of piperidine rings is 1. The Morgan fingerprint density at radius 1 is 1.17 bits per heavy atom. The Bertz CT molecular complexity index is 1010. The minimum Gasteiger partial charge on any atom is -0.347 e. The first kappa shape index (κ1) is 20.8. The molecule has 1 amide bonds. The van der Waals surface area contributed by atoms with Crippen molar-refractivity contribution in [2.24, 2.45) is 5.92 Å². The lowest BCUT2D eigenvalue weighted by Crippen LogP contribution is -2.42. The van der Waals surface area contributed by atoms with Gasteiger partial charge in [0.15, 0.2) is 0 Å². The molecule has 2 aromatic carbocycles. The monoisotopic (exact) mass is 444 g/mol. The van der Waals surface area contributed by atoms with E-state index in [1.165, 1.54) is 0 Å². The molecule has 0 radical (unpaired) electrons.